The molecule has 3 saturated heterocycles. The van der Waals surface area contributed by atoms with E-state index in [0.29, 0.717) is 12.5 Å². The number of amides is 3. The fourth-order valence-electron chi connectivity index (χ4n) is 4.61. The predicted molar refractivity (Wildman–Crippen MR) is 106 cm³/mol. The average Bonchev–Trinajstić information content (AvgIpc) is 3.05. The molecule has 3 aliphatic rings. The number of nitrogens with zero attached hydrogens (tertiary/aromatic N) is 4. The molecule has 0 aliphatic carbocycles. The number of carbonyl (C=O) groups is 2. The average molecular weight is 387 g/mol. The minimum atomic E-state index is -0.389. The number of anilines is 1. The molecule has 8 heteroatoms. The van der Waals surface area contributed by atoms with Crippen molar-refractivity contribution in [3.8, 4) is 0 Å². The smallest absolute Gasteiger partial charge is 0.327 e. The first-order valence-electron chi connectivity index (χ1n) is 9.84. The summed E-state index contributed by atoms with van der Waals surface area (Å²) in [6.45, 7) is 6.61. The molecule has 3 amide bonds. The van der Waals surface area contributed by atoms with Crippen molar-refractivity contribution in [2.24, 2.45) is 5.92 Å². The summed E-state index contributed by atoms with van der Waals surface area (Å²) in [4.78, 5) is 33.5. The van der Waals surface area contributed by atoms with Crippen LogP contribution in [0.1, 0.15) is 12.5 Å². The van der Waals surface area contributed by atoms with Crippen molar-refractivity contribution in [2.75, 3.05) is 45.3 Å². The summed E-state index contributed by atoms with van der Waals surface area (Å²) in [5.41, 5.74) is 2.33. The molecule has 3 aliphatic heterocycles. The minimum Gasteiger partial charge on any atom is -0.383 e. The zero-order valence-electron chi connectivity index (χ0n) is 17.0. The monoisotopic (exact) mass is 387 g/mol. The predicted octanol–water partition coefficient (Wildman–Crippen LogP) is 0.875. The van der Waals surface area contributed by atoms with Gasteiger partial charge in [0.05, 0.1) is 13.2 Å². The SMILES string of the molecule is COCCN1C(=O)C2C(NC3N(c4cccc(C)c4)CC(C)CN23)N(C)C1=O. The Balaban J connectivity index is 1.66. The minimum absolute atomic E-state index is 0.116. The molecule has 4 unspecified atom stereocenters. The highest BCUT2D eigenvalue weighted by Crippen LogP contribution is 2.34. The van der Waals surface area contributed by atoms with E-state index in [1.807, 2.05) is 0 Å². The number of imide groups is 1. The topological polar surface area (TPSA) is 68.4 Å². The largest absolute Gasteiger partial charge is 0.383 e. The normalized spacial score (nSPS) is 30.6. The molecule has 4 atom stereocenters. The Morgan fingerprint density at radius 2 is 2.04 bits per heavy atom. The zero-order valence-corrected chi connectivity index (χ0v) is 17.0. The van der Waals surface area contributed by atoms with E-state index >= 15 is 0 Å². The van der Waals surface area contributed by atoms with Crippen molar-refractivity contribution in [3.05, 3.63) is 29.8 Å². The van der Waals surface area contributed by atoms with Gasteiger partial charge in [0.25, 0.3) is 5.91 Å². The fraction of sp³-hybridized carbons (Fsp3) is 0.600. The van der Waals surface area contributed by atoms with Crippen molar-refractivity contribution >= 4 is 17.6 Å². The number of fused-ring (bicyclic) bond motifs is 3. The summed E-state index contributed by atoms with van der Waals surface area (Å²) in [7, 11) is 3.34. The molecule has 3 fully saturated rings. The standard InChI is InChI=1S/C20H29N5O3/c1-13-6-5-7-15(10-13)24-11-14(2)12-25-16-17(21-19(24)25)22(3)20(27)23(18(16)26)8-9-28-4/h5-7,10,14,16-17,19,21H,8-9,11-12H2,1-4H3. The van der Waals surface area contributed by atoms with Gasteiger partial charge >= 0.3 is 6.03 Å². The van der Waals surface area contributed by atoms with E-state index in [4.69, 9.17) is 4.74 Å². The number of likely N-dealkylation sites (N-methyl/N-ethyl adjacent to an activating group) is 1. The van der Waals surface area contributed by atoms with Crippen molar-refractivity contribution in [2.45, 2.75) is 32.3 Å². The molecule has 0 radical (unpaired) electrons. The Bertz CT molecular complexity index is 772. The molecule has 152 valence electrons. The highest BCUT2D eigenvalue weighted by atomic mass is 16.5. The van der Waals surface area contributed by atoms with Crippen molar-refractivity contribution in [1.29, 1.82) is 0 Å². The van der Waals surface area contributed by atoms with Crippen LogP contribution in [0.4, 0.5) is 10.5 Å². The molecule has 4 rings (SSSR count). The Labute approximate surface area is 166 Å². The molecule has 0 saturated carbocycles. The van der Waals surface area contributed by atoms with Crippen molar-refractivity contribution < 1.29 is 14.3 Å². The number of urea groups is 1. The molecular weight excluding hydrogens is 358 g/mol. The lowest BCUT2D eigenvalue weighted by Gasteiger charge is -2.46. The maximum Gasteiger partial charge on any atom is 0.327 e. The first-order valence-corrected chi connectivity index (χ1v) is 9.84. The first kappa shape index (κ1) is 19.2. The lowest BCUT2D eigenvalue weighted by atomic mass is 10.0. The maximum absolute atomic E-state index is 13.3. The molecule has 28 heavy (non-hydrogen) atoms. The summed E-state index contributed by atoms with van der Waals surface area (Å²) in [6.07, 6.45) is -0.448. The number of methoxy groups -OCH3 is 1. The van der Waals surface area contributed by atoms with E-state index in [2.05, 4.69) is 53.2 Å². The number of hydrogen-bond donors (Lipinski definition) is 1. The fourth-order valence-corrected chi connectivity index (χ4v) is 4.61. The van der Waals surface area contributed by atoms with Crippen LogP contribution < -0.4 is 10.2 Å². The molecule has 1 N–H and O–H groups in total. The summed E-state index contributed by atoms with van der Waals surface area (Å²) < 4.78 is 5.10. The van der Waals surface area contributed by atoms with Crippen LogP contribution in [-0.2, 0) is 9.53 Å². The van der Waals surface area contributed by atoms with Gasteiger partial charge in [0.1, 0.15) is 18.5 Å². The van der Waals surface area contributed by atoms with Gasteiger partial charge in [0.15, 0.2) is 0 Å². The Hall–Kier alpha value is -2.16. The molecule has 3 heterocycles. The van der Waals surface area contributed by atoms with Crippen LogP contribution in [0.2, 0.25) is 0 Å². The summed E-state index contributed by atoms with van der Waals surface area (Å²) in [5.74, 6) is 0.263. The van der Waals surface area contributed by atoms with Crippen LogP contribution >= 0.6 is 0 Å². The number of benzene rings is 1. The summed E-state index contributed by atoms with van der Waals surface area (Å²) >= 11 is 0. The second kappa shape index (κ2) is 7.35. The second-order valence-corrected chi connectivity index (χ2v) is 8.10. The number of ether oxygens (including phenoxy) is 1. The quantitative estimate of drug-likeness (QED) is 0.827. The third kappa shape index (κ3) is 3.05. The molecular formula is C20H29N5O3. The third-order valence-corrected chi connectivity index (χ3v) is 5.94. The lowest BCUT2D eigenvalue weighted by molar-refractivity contribution is -0.139. The van der Waals surface area contributed by atoms with Crippen LogP contribution in [0.5, 0.6) is 0 Å². The van der Waals surface area contributed by atoms with Crippen LogP contribution in [0, 0.1) is 12.8 Å². The van der Waals surface area contributed by atoms with Crippen LogP contribution in [-0.4, -0.2) is 85.5 Å². The lowest BCUT2D eigenvalue weighted by Crippen LogP contribution is -2.67. The molecule has 1 aromatic carbocycles. The van der Waals surface area contributed by atoms with Crippen LogP contribution in [0.25, 0.3) is 0 Å². The maximum atomic E-state index is 13.3. The van der Waals surface area contributed by atoms with E-state index in [1.165, 1.54) is 10.5 Å². The number of carbonyl (C=O) groups excluding carboxylic acids is 2. The van der Waals surface area contributed by atoms with E-state index in [9.17, 15) is 9.59 Å². The van der Waals surface area contributed by atoms with E-state index < -0.39 is 0 Å². The molecule has 8 nitrogen and oxygen atoms in total. The van der Waals surface area contributed by atoms with Crippen molar-refractivity contribution in [1.82, 2.24) is 20.0 Å². The van der Waals surface area contributed by atoms with Gasteiger partial charge in [0, 0.05) is 32.9 Å². The van der Waals surface area contributed by atoms with Gasteiger partial charge in [0.2, 0.25) is 0 Å². The highest BCUT2D eigenvalue weighted by molar-refractivity contribution is 6.00. The molecule has 1 aromatic rings. The zero-order chi connectivity index (χ0) is 20.0. The summed E-state index contributed by atoms with van der Waals surface area (Å²) in [6, 6.07) is 7.75. The van der Waals surface area contributed by atoms with Gasteiger partial charge < -0.3 is 14.5 Å². The number of rotatable bonds is 4. The number of nitrogens with one attached hydrogen (secondary N) is 1. The van der Waals surface area contributed by atoms with Gasteiger partial charge in [-0.25, -0.2) is 4.79 Å². The van der Waals surface area contributed by atoms with Crippen LogP contribution in [0.3, 0.4) is 0 Å². The van der Waals surface area contributed by atoms with Gasteiger partial charge in [-0.3, -0.25) is 19.9 Å². The molecule has 0 aromatic heterocycles. The molecule has 0 spiro atoms. The summed E-state index contributed by atoms with van der Waals surface area (Å²) in [5, 5.41) is 3.55. The number of aryl methyl sites for hydroxylation is 1. The van der Waals surface area contributed by atoms with Gasteiger partial charge in [-0.05, 0) is 30.5 Å². The van der Waals surface area contributed by atoms with Crippen molar-refractivity contribution in [3.63, 3.8) is 0 Å². The number of hydrogen-bond acceptors (Lipinski definition) is 6. The van der Waals surface area contributed by atoms with Gasteiger partial charge in [-0.2, -0.15) is 0 Å². The Morgan fingerprint density at radius 3 is 2.75 bits per heavy atom. The second-order valence-electron chi connectivity index (χ2n) is 8.10. The van der Waals surface area contributed by atoms with E-state index in [0.717, 1.165) is 18.8 Å². The third-order valence-electron chi connectivity index (χ3n) is 5.94. The first-order chi connectivity index (χ1) is 13.4. The molecule has 0 bridgehead atoms. The highest BCUT2D eigenvalue weighted by Gasteiger charge is 2.56. The van der Waals surface area contributed by atoms with E-state index in [1.54, 1.807) is 19.1 Å². The van der Waals surface area contributed by atoms with E-state index in [-0.39, 0.29) is 37.0 Å². The Morgan fingerprint density at radius 1 is 1.25 bits per heavy atom. The Kier molecular flexibility index (Phi) is 5.03. The van der Waals surface area contributed by atoms with Gasteiger partial charge in [-0.15, -0.1) is 0 Å². The van der Waals surface area contributed by atoms with Crippen LogP contribution in [0.15, 0.2) is 24.3 Å². The van der Waals surface area contributed by atoms with Gasteiger partial charge in [-0.1, -0.05) is 19.1 Å².